The number of carbonyl (C=O) groups excluding carboxylic acids is 1. The molecule has 0 radical (unpaired) electrons. The Morgan fingerprint density at radius 2 is 1.42 bits per heavy atom. The quantitative estimate of drug-likeness (QED) is 0.817. The molecule has 1 aliphatic carbocycles. The van der Waals surface area contributed by atoms with Crippen LogP contribution < -0.4 is 0 Å². The Hall–Kier alpha value is -2.13. The van der Waals surface area contributed by atoms with Crippen molar-refractivity contribution < 1.29 is 9.53 Å². The fourth-order valence-corrected chi connectivity index (χ4v) is 4.29. The van der Waals surface area contributed by atoms with Gasteiger partial charge in [0.1, 0.15) is 0 Å². The Kier molecular flexibility index (Phi) is 5.35. The van der Waals surface area contributed by atoms with Crippen molar-refractivity contribution in [2.45, 2.75) is 31.6 Å². The van der Waals surface area contributed by atoms with E-state index in [9.17, 15) is 4.79 Å². The summed E-state index contributed by atoms with van der Waals surface area (Å²) in [5.74, 6) is 1.16. The molecule has 26 heavy (non-hydrogen) atoms. The molecular formula is C23H27NO2. The molecule has 3 nitrogen and oxygen atoms in total. The summed E-state index contributed by atoms with van der Waals surface area (Å²) in [6.07, 6.45) is 4.26. The van der Waals surface area contributed by atoms with E-state index in [4.69, 9.17) is 4.74 Å². The van der Waals surface area contributed by atoms with Gasteiger partial charge in [0, 0.05) is 19.0 Å². The minimum absolute atomic E-state index is 0.216. The van der Waals surface area contributed by atoms with E-state index in [1.807, 2.05) is 4.90 Å². The second kappa shape index (κ2) is 8.05. The standard InChI is InChI=1S/C23H27NO2/c25-23(24-14-16-26-17-15-24)22-12-10-21(11-13-22)20-8-6-19(7-9-20)18-4-2-1-3-5-18/h1-9,21-22H,10-17H2. The van der Waals surface area contributed by atoms with Gasteiger partial charge in [-0.05, 0) is 48.3 Å². The smallest absolute Gasteiger partial charge is 0.225 e. The van der Waals surface area contributed by atoms with Gasteiger partial charge >= 0.3 is 0 Å². The van der Waals surface area contributed by atoms with Crippen LogP contribution in [-0.4, -0.2) is 37.1 Å². The van der Waals surface area contributed by atoms with E-state index in [1.165, 1.54) is 16.7 Å². The van der Waals surface area contributed by atoms with Crippen LogP contribution in [0.25, 0.3) is 11.1 Å². The zero-order chi connectivity index (χ0) is 17.8. The number of hydrogen-bond donors (Lipinski definition) is 0. The number of morpholine rings is 1. The summed E-state index contributed by atoms with van der Waals surface area (Å²) < 4.78 is 5.36. The Bertz CT molecular complexity index is 712. The topological polar surface area (TPSA) is 29.5 Å². The number of nitrogens with zero attached hydrogens (tertiary/aromatic N) is 1. The van der Waals surface area contributed by atoms with E-state index in [2.05, 4.69) is 54.6 Å². The predicted molar refractivity (Wildman–Crippen MR) is 104 cm³/mol. The summed E-state index contributed by atoms with van der Waals surface area (Å²) in [5.41, 5.74) is 3.95. The van der Waals surface area contributed by atoms with Crippen LogP contribution in [-0.2, 0) is 9.53 Å². The van der Waals surface area contributed by atoms with Gasteiger partial charge < -0.3 is 9.64 Å². The number of carbonyl (C=O) groups is 1. The van der Waals surface area contributed by atoms with Crippen LogP contribution in [0.3, 0.4) is 0 Å². The molecule has 4 rings (SSSR count). The molecule has 136 valence electrons. The van der Waals surface area contributed by atoms with Crippen LogP contribution >= 0.6 is 0 Å². The molecule has 1 heterocycles. The van der Waals surface area contributed by atoms with Gasteiger partial charge in [-0.25, -0.2) is 0 Å². The number of hydrogen-bond acceptors (Lipinski definition) is 2. The first kappa shape index (κ1) is 17.3. The SMILES string of the molecule is O=C(C1CCC(c2ccc(-c3ccccc3)cc2)CC1)N1CCOCC1. The van der Waals surface area contributed by atoms with Gasteiger partial charge in [0.15, 0.2) is 0 Å². The molecule has 0 bridgehead atoms. The summed E-state index contributed by atoms with van der Waals surface area (Å²) >= 11 is 0. The van der Waals surface area contributed by atoms with Crippen LogP contribution in [0.5, 0.6) is 0 Å². The molecule has 0 unspecified atom stereocenters. The third kappa shape index (κ3) is 3.83. The molecular weight excluding hydrogens is 322 g/mol. The highest BCUT2D eigenvalue weighted by Gasteiger charge is 2.30. The Balaban J connectivity index is 1.35. The molecule has 0 N–H and O–H groups in total. The van der Waals surface area contributed by atoms with Crippen molar-refractivity contribution in [3.05, 3.63) is 60.2 Å². The minimum atomic E-state index is 0.216. The molecule has 1 saturated heterocycles. The van der Waals surface area contributed by atoms with Crippen molar-refractivity contribution in [3.63, 3.8) is 0 Å². The summed E-state index contributed by atoms with van der Waals surface area (Å²) in [6, 6.07) is 19.5. The number of benzene rings is 2. The first-order chi connectivity index (χ1) is 12.8. The first-order valence-corrected chi connectivity index (χ1v) is 9.83. The number of rotatable bonds is 3. The third-order valence-electron chi connectivity index (χ3n) is 5.89. The lowest BCUT2D eigenvalue weighted by Gasteiger charge is -2.34. The van der Waals surface area contributed by atoms with Crippen molar-refractivity contribution in [3.8, 4) is 11.1 Å². The summed E-state index contributed by atoms with van der Waals surface area (Å²) in [6.45, 7) is 2.91. The normalized spacial score (nSPS) is 23.6. The number of ether oxygens (including phenoxy) is 1. The van der Waals surface area contributed by atoms with Gasteiger partial charge in [0.05, 0.1) is 13.2 Å². The summed E-state index contributed by atoms with van der Waals surface area (Å²) in [4.78, 5) is 14.7. The van der Waals surface area contributed by atoms with E-state index in [-0.39, 0.29) is 5.92 Å². The Labute approximate surface area is 156 Å². The first-order valence-electron chi connectivity index (χ1n) is 9.83. The van der Waals surface area contributed by atoms with Crippen LogP contribution in [0.4, 0.5) is 0 Å². The van der Waals surface area contributed by atoms with Gasteiger partial charge in [-0.3, -0.25) is 4.79 Å². The highest BCUT2D eigenvalue weighted by atomic mass is 16.5. The molecule has 1 saturated carbocycles. The molecule has 1 amide bonds. The largest absolute Gasteiger partial charge is 0.378 e. The maximum atomic E-state index is 12.7. The molecule has 0 spiro atoms. The lowest BCUT2D eigenvalue weighted by molar-refractivity contribution is -0.140. The maximum Gasteiger partial charge on any atom is 0.225 e. The molecule has 2 aromatic rings. The Morgan fingerprint density at radius 1 is 0.808 bits per heavy atom. The van der Waals surface area contributed by atoms with E-state index in [1.54, 1.807) is 0 Å². The van der Waals surface area contributed by atoms with Crippen LogP contribution in [0.1, 0.15) is 37.2 Å². The zero-order valence-corrected chi connectivity index (χ0v) is 15.3. The van der Waals surface area contributed by atoms with Gasteiger partial charge in [-0.1, -0.05) is 54.6 Å². The second-order valence-electron chi connectivity index (χ2n) is 7.47. The summed E-state index contributed by atoms with van der Waals surface area (Å²) in [5, 5.41) is 0. The van der Waals surface area contributed by atoms with Crippen LogP contribution in [0, 0.1) is 5.92 Å². The van der Waals surface area contributed by atoms with Gasteiger partial charge in [0.25, 0.3) is 0 Å². The highest BCUT2D eigenvalue weighted by Crippen LogP contribution is 2.37. The van der Waals surface area contributed by atoms with Crippen LogP contribution in [0.2, 0.25) is 0 Å². The summed E-state index contributed by atoms with van der Waals surface area (Å²) in [7, 11) is 0. The monoisotopic (exact) mass is 349 g/mol. The van der Waals surface area contributed by atoms with Crippen molar-refractivity contribution in [1.82, 2.24) is 4.90 Å². The molecule has 3 heteroatoms. The zero-order valence-electron chi connectivity index (χ0n) is 15.3. The average molecular weight is 349 g/mol. The molecule has 1 aliphatic heterocycles. The second-order valence-corrected chi connectivity index (χ2v) is 7.47. The Morgan fingerprint density at radius 3 is 2.08 bits per heavy atom. The van der Waals surface area contributed by atoms with E-state index in [0.717, 1.165) is 38.8 Å². The van der Waals surface area contributed by atoms with E-state index >= 15 is 0 Å². The highest BCUT2D eigenvalue weighted by molar-refractivity contribution is 5.79. The van der Waals surface area contributed by atoms with E-state index < -0.39 is 0 Å². The van der Waals surface area contributed by atoms with Crippen molar-refractivity contribution in [2.75, 3.05) is 26.3 Å². The molecule has 0 aromatic heterocycles. The fraction of sp³-hybridized carbons (Fsp3) is 0.435. The molecule has 2 aromatic carbocycles. The van der Waals surface area contributed by atoms with Crippen molar-refractivity contribution in [2.24, 2.45) is 5.92 Å². The fourth-order valence-electron chi connectivity index (χ4n) is 4.29. The average Bonchev–Trinajstić information content (AvgIpc) is 2.75. The number of amides is 1. The predicted octanol–water partition coefficient (Wildman–Crippen LogP) is 4.49. The van der Waals surface area contributed by atoms with Crippen molar-refractivity contribution in [1.29, 1.82) is 0 Å². The van der Waals surface area contributed by atoms with Crippen molar-refractivity contribution >= 4 is 5.91 Å². The molecule has 0 atom stereocenters. The lowest BCUT2D eigenvalue weighted by Crippen LogP contribution is -2.44. The maximum absolute atomic E-state index is 12.7. The van der Waals surface area contributed by atoms with Gasteiger partial charge in [-0.2, -0.15) is 0 Å². The lowest BCUT2D eigenvalue weighted by atomic mass is 9.78. The van der Waals surface area contributed by atoms with Gasteiger partial charge in [-0.15, -0.1) is 0 Å². The van der Waals surface area contributed by atoms with Crippen LogP contribution in [0.15, 0.2) is 54.6 Å². The minimum Gasteiger partial charge on any atom is -0.378 e. The molecule has 2 fully saturated rings. The van der Waals surface area contributed by atoms with Gasteiger partial charge in [0.2, 0.25) is 5.91 Å². The third-order valence-corrected chi connectivity index (χ3v) is 5.89. The van der Waals surface area contributed by atoms with E-state index in [0.29, 0.717) is 25.0 Å². The molecule has 2 aliphatic rings.